The summed E-state index contributed by atoms with van der Waals surface area (Å²) in [4.78, 5) is 53.4. The molecule has 0 aromatic rings. The van der Waals surface area contributed by atoms with Crippen molar-refractivity contribution < 1.29 is 29.4 Å². The molecule has 4 rings (SSSR count). The van der Waals surface area contributed by atoms with Crippen molar-refractivity contribution in [3.05, 3.63) is 0 Å². The third-order valence-electron chi connectivity index (χ3n) is 10.2. The van der Waals surface area contributed by atoms with Crippen LogP contribution in [0.3, 0.4) is 0 Å². The first-order valence-corrected chi connectivity index (χ1v) is 15.4. The zero-order chi connectivity index (χ0) is 30.3. The van der Waals surface area contributed by atoms with Crippen LogP contribution in [0.2, 0.25) is 0 Å². The summed E-state index contributed by atoms with van der Waals surface area (Å²) in [6.45, 7) is 10.1. The second kappa shape index (κ2) is 11.8. The third-order valence-corrected chi connectivity index (χ3v) is 10.2. The lowest BCUT2D eigenvalue weighted by atomic mass is 9.85. The summed E-state index contributed by atoms with van der Waals surface area (Å²) in [5, 5.41) is 30.5. The van der Waals surface area contributed by atoms with Gasteiger partial charge >= 0.3 is 6.03 Å². The number of amides is 4. The molecule has 11 nitrogen and oxygen atoms in total. The Balaban J connectivity index is 1.52. The summed E-state index contributed by atoms with van der Waals surface area (Å²) < 4.78 is 0. The molecule has 7 N–H and O–H groups in total. The predicted molar refractivity (Wildman–Crippen MR) is 153 cm³/mol. The van der Waals surface area contributed by atoms with Crippen LogP contribution in [0.4, 0.5) is 4.79 Å². The van der Waals surface area contributed by atoms with Crippen LogP contribution in [0.25, 0.3) is 0 Å². The van der Waals surface area contributed by atoms with Crippen LogP contribution < -0.4 is 21.7 Å². The summed E-state index contributed by atoms with van der Waals surface area (Å²) in [5.41, 5.74) is 3.85. The zero-order valence-electron chi connectivity index (χ0n) is 25.4. The third kappa shape index (κ3) is 6.88. The maximum absolute atomic E-state index is 14.2. The van der Waals surface area contributed by atoms with Gasteiger partial charge in [-0.3, -0.25) is 19.7 Å². The number of likely N-dealkylation sites (tertiary alicyclic amines) is 1. The van der Waals surface area contributed by atoms with Gasteiger partial charge in [-0.15, -0.1) is 0 Å². The smallest absolute Gasteiger partial charge is 0.315 e. The summed E-state index contributed by atoms with van der Waals surface area (Å²) in [7, 11) is 0. The molecular formula is C30H51N5O6. The molecule has 0 radical (unpaired) electrons. The first-order valence-electron chi connectivity index (χ1n) is 15.4. The van der Waals surface area contributed by atoms with Gasteiger partial charge in [-0.25, -0.2) is 4.79 Å². The first kappa shape index (κ1) is 31.7. The fraction of sp³-hybridized carbons (Fsp3) is 0.867. The van der Waals surface area contributed by atoms with Gasteiger partial charge in [0.1, 0.15) is 12.3 Å². The van der Waals surface area contributed by atoms with Gasteiger partial charge in [-0.05, 0) is 47.8 Å². The van der Waals surface area contributed by atoms with E-state index in [1.165, 1.54) is 0 Å². The average Bonchev–Trinajstić information content (AvgIpc) is 3.76. The van der Waals surface area contributed by atoms with E-state index in [9.17, 15) is 29.4 Å². The van der Waals surface area contributed by atoms with Gasteiger partial charge in [0.05, 0.1) is 24.2 Å². The van der Waals surface area contributed by atoms with Crippen molar-refractivity contribution in [3.8, 4) is 0 Å². The number of Topliss-reactive ketones (excluding diaryl/α,β-unsaturated/α-hetero) is 1. The largest absolute Gasteiger partial charge is 0.394 e. The van der Waals surface area contributed by atoms with Crippen LogP contribution in [0.1, 0.15) is 92.4 Å². The van der Waals surface area contributed by atoms with Crippen molar-refractivity contribution in [2.45, 2.75) is 122 Å². The van der Waals surface area contributed by atoms with Gasteiger partial charge < -0.3 is 31.5 Å². The molecule has 1 aliphatic heterocycles. The number of primary amides is 1. The molecule has 3 aliphatic carbocycles. The number of nitrogens with zero attached hydrogens (tertiary/aromatic N) is 1. The minimum atomic E-state index is -1.25. The van der Waals surface area contributed by atoms with E-state index < -0.39 is 53.0 Å². The zero-order valence-corrected chi connectivity index (χ0v) is 25.4. The summed E-state index contributed by atoms with van der Waals surface area (Å²) in [6, 6.07) is -2.94. The number of ketones is 1. The molecule has 0 bridgehead atoms. The number of nitrogens with one attached hydrogen (secondary N) is 3. The van der Waals surface area contributed by atoms with Crippen molar-refractivity contribution in [1.29, 1.82) is 0 Å². The van der Waals surface area contributed by atoms with Crippen LogP contribution >= 0.6 is 0 Å². The van der Waals surface area contributed by atoms with Gasteiger partial charge in [0, 0.05) is 6.54 Å². The minimum absolute atomic E-state index is 0.00250. The van der Waals surface area contributed by atoms with Gasteiger partial charge in [0.2, 0.25) is 11.7 Å². The normalized spacial score (nSPS) is 29.0. The van der Waals surface area contributed by atoms with E-state index in [2.05, 4.69) is 29.8 Å². The standard InChI is InChI=1S/C30H51N5O6/c1-28(2,3)23(33-27(41)34-30(16-36)12-8-6-7-9-13-30)26(40)35-15-18-20(29(18,4)5)21(35)25(39)32-19(14-17-10-11-17)22(37)24(31)38/h17-21,23,25,32,36,39H,6-16H2,1-5H3,(H2,31,38)(H2,33,34,41)/t18-,19?,20-,21?,23+,25?/m0/s1. The Morgan fingerprint density at radius 2 is 1.66 bits per heavy atom. The van der Waals surface area contributed by atoms with Crippen molar-refractivity contribution in [3.63, 3.8) is 0 Å². The molecule has 6 atom stereocenters. The molecule has 0 spiro atoms. The molecule has 1 heterocycles. The number of urea groups is 1. The first-order chi connectivity index (χ1) is 19.1. The Kier molecular flexibility index (Phi) is 9.12. The number of hydrogen-bond donors (Lipinski definition) is 6. The minimum Gasteiger partial charge on any atom is -0.394 e. The molecule has 3 saturated carbocycles. The number of aliphatic hydroxyl groups is 2. The van der Waals surface area contributed by atoms with Gasteiger partial charge in [-0.1, -0.05) is 73.1 Å². The highest BCUT2D eigenvalue weighted by atomic mass is 16.3. The number of aliphatic hydroxyl groups excluding tert-OH is 2. The molecule has 1 saturated heterocycles. The van der Waals surface area contributed by atoms with Gasteiger partial charge in [0.15, 0.2) is 0 Å². The van der Waals surface area contributed by atoms with E-state index in [0.717, 1.165) is 38.5 Å². The van der Waals surface area contributed by atoms with E-state index in [-0.39, 0.29) is 29.8 Å². The SMILES string of the molecule is CC(C)(C)[C@H](NC(=O)NC1(CO)CCCCCC1)C(=O)N1C[C@H]2[C@@H](C1C(O)NC(CC1CC1)C(=O)C(N)=O)C2(C)C. The molecule has 0 aromatic carbocycles. The van der Waals surface area contributed by atoms with Gasteiger partial charge in [-0.2, -0.15) is 0 Å². The fourth-order valence-corrected chi connectivity index (χ4v) is 7.31. The number of hydrogen-bond acceptors (Lipinski definition) is 7. The van der Waals surface area contributed by atoms with Crippen molar-refractivity contribution in [2.75, 3.05) is 13.2 Å². The van der Waals surface area contributed by atoms with E-state index >= 15 is 0 Å². The molecule has 0 aromatic heterocycles. The van der Waals surface area contributed by atoms with E-state index in [1.807, 2.05) is 20.8 Å². The Labute approximate surface area is 243 Å². The highest BCUT2D eigenvalue weighted by molar-refractivity contribution is 6.37. The number of nitrogens with two attached hydrogens (primary N) is 1. The number of carbonyl (C=O) groups excluding carboxylic acids is 4. The molecular weight excluding hydrogens is 526 g/mol. The van der Waals surface area contributed by atoms with Crippen molar-refractivity contribution in [2.24, 2.45) is 34.3 Å². The second-order valence-electron chi connectivity index (χ2n) is 14.8. The average molecular weight is 578 g/mol. The van der Waals surface area contributed by atoms with Crippen LogP contribution in [0, 0.1) is 28.6 Å². The predicted octanol–water partition coefficient (Wildman–Crippen LogP) is 1.40. The van der Waals surface area contributed by atoms with Crippen LogP contribution in [0.15, 0.2) is 0 Å². The van der Waals surface area contributed by atoms with E-state index in [1.54, 1.807) is 4.90 Å². The van der Waals surface area contributed by atoms with E-state index in [4.69, 9.17) is 5.73 Å². The Morgan fingerprint density at radius 1 is 1.05 bits per heavy atom. The lowest BCUT2D eigenvalue weighted by Gasteiger charge is -2.41. The van der Waals surface area contributed by atoms with Crippen molar-refractivity contribution in [1.82, 2.24) is 20.9 Å². The quantitative estimate of drug-likeness (QED) is 0.122. The molecule has 4 aliphatic rings. The summed E-state index contributed by atoms with van der Waals surface area (Å²) >= 11 is 0. The highest BCUT2D eigenvalue weighted by Crippen LogP contribution is 2.65. The Morgan fingerprint density at radius 3 is 2.17 bits per heavy atom. The summed E-state index contributed by atoms with van der Waals surface area (Å²) in [5.74, 6) is -1.65. The maximum Gasteiger partial charge on any atom is 0.315 e. The van der Waals surface area contributed by atoms with Crippen LogP contribution in [-0.2, 0) is 14.4 Å². The monoisotopic (exact) mass is 577 g/mol. The lowest BCUT2D eigenvalue weighted by Crippen LogP contribution is -2.64. The molecule has 4 amide bonds. The van der Waals surface area contributed by atoms with Crippen LogP contribution in [-0.4, -0.2) is 81.8 Å². The topological polar surface area (TPSA) is 174 Å². The molecule has 4 fully saturated rings. The Bertz CT molecular complexity index is 1010. The molecule has 11 heteroatoms. The highest BCUT2D eigenvalue weighted by Gasteiger charge is 2.69. The molecule has 41 heavy (non-hydrogen) atoms. The van der Waals surface area contributed by atoms with E-state index in [0.29, 0.717) is 31.7 Å². The number of rotatable bonds is 11. The second-order valence-corrected chi connectivity index (χ2v) is 14.8. The number of fused-ring (bicyclic) bond motifs is 1. The van der Waals surface area contributed by atoms with Crippen LogP contribution in [0.5, 0.6) is 0 Å². The maximum atomic E-state index is 14.2. The van der Waals surface area contributed by atoms with Crippen molar-refractivity contribution >= 4 is 23.6 Å². The number of piperidine rings is 1. The number of carbonyl (C=O) groups is 4. The fourth-order valence-electron chi connectivity index (χ4n) is 7.31. The summed E-state index contributed by atoms with van der Waals surface area (Å²) in [6.07, 6.45) is 6.41. The lowest BCUT2D eigenvalue weighted by molar-refractivity contribution is -0.142. The molecule has 3 unspecified atom stereocenters. The Hall–Kier alpha value is -2.24. The molecule has 232 valence electrons. The van der Waals surface area contributed by atoms with Gasteiger partial charge in [0.25, 0.3) is 5.91 Å².